The van der Waals surface area contributed by atoms with E-state index in [4.69, 9.17) is 30.2 Å². The predicted molar refractivity (Wildman–Crippen MR) is 112 cm³/mol. The topological polar surface area (TPSA) is 138 Å². The number of rotatable bonds is 7. The molecule has 0 aliphatic heterocycles. The first-order valence-corrected chi connectivity index (χ1v) is 9.62. The second-order valence-corrected chi connectivity index (χ2v) is 5.76. The monoisotopic (exact) mass is 455 g/mol. The van der Waals surface area contributed by atoms with Gasteiger partial charge in [0, 0.05) is 37.6 Å². The summed E-state index contributed by atoms with van der Waals surface area (Å²) < 4.78 is 41.6. The summed E-state index contributed by atoms with van der Waals surface area (Å²) in [7, 11) is 0. The van der Waals surface area contributed by atoms with Crippen LogP contribution in [0.25, 0.3) is 5.69 Å². The fourth-order valence-corrected chi connectivity index (χ4v) is 1.99. The predicted octanol–water partition coefficient (Wildman–Crippen LogP) is 3.00. The number of ether oxygens (including phenoxy) is 3. The Morgan fingerprint density at radius 2 is 1.44 bits per heavy atom. The molecule has 12 heteroatoms. The third-order valence-electron chi connectivity index (χ3n) is 3.42. The summed E-state index contributed by atoms with van der Waals surface area (Å²) in [5.74, 6) is -2.15. The number of anilines is 1. The Hall–Kier alpha value is -3.35. The zero-order valence-electron chi connectivity index (χ0n) is 18.0. The molecule has 0 amide bonds. The fourth-order valence-electron chi connectivity index (χ4n) is 1.99. The average molecular weight is 455 g/mol. The van der Waals surface area contributed by atoms with Crippen LogP contribution in [0.2, 0.25) is 0 Å². The molecule has 32 heavy (non-hydrogen) atoms. The maximum Gasteiger partial charge on any atom is 0.271 e. The van der Waals surface area contributed by atoms with E-state index < -0.39 is 23.9 Å². The van der Waals surface area contributed by atoms with Crippen LogP contribution in [0.3, 0.4) is 0 Å². The van der Waals surface area contributed by atoms with E-state index in [2.05, 4.69) is 15.5 Å². The number of phenols is 2. The quantitative estimate of drug-likeness (QED) is 0.279. The van der Waals surface area contributed by atoms with Crippen molar-refractivity contribution in [1.82, 2.24) is 20.2 Å². The number of nitrogen functional groups attached to an aromatic ring is 1. The van der Waals surface area contributed by atoms with Gasteiger partial charge >= 0.3 is 0 Å². The summed E-state index contributed by atoms with van der Waals surface area (Å²) in [6.07, 6.45) is 1.34. The Balaban J connectivity index is 0.000000246. The largest absolute Gasteiger partial charge is 0.505 e. The van der Waals surface area contributed by atoms with Gasteiger partial charge in [0.2, 0.25) is 0 Å². The molecule has 0 saturated heterocycles. The summed E-state index contributed by atoms with van der Waals surface area (Å²) >= 11 is 0. The fraction of sp³-hybridized carbons (Fsp3) is 0.350. The van der Waals surface area contributed by atoms with Crippen molar-refractivity contribution >= 4 is 5.69 Å². The molecule has 1 heterocycles. The third kappa shape index (κ3) is 9.64. The number of aromatic nitrogens is 4. The molecule has 0 bridgehead atoms. The van der Waals surface area contributed by atoms with Gasteiger partial charge in [-0.25, -0.2) is 13.5 Å². The molecule has 0 spiro atoms. The minimum atomic E-state index is -0.701. The summed E-state index contributed by atoms with van der Waals surface area (Å²) in [5, 5.41) is 27.9. The van der Waals surface area contributed by atoms with Crippen molar-refractivity contribution < 1.29 is 33.2 Å². The van der Waals surface area contributed by atoms with E-state index in [1.54, 1.807) is 0 Å². The Bertz CT molecular complexity index is 901. The highest BCUT2D eigenvalue weighted by Crippen LogP contribution is 2.18. The maximum atomic E-state index is 12.8. The maximum absolute atomic E-state index is 12.8. The molecule has 3 aromatic rings. The van der Waals surface area contributed by atoms with Gasteiger partial charge in [0.05, 0.1) is 5.69 Å². The molecule has 176 valence electrons. The molecular formula is C20H27F2N5O5. The van der Waals surface area contributed by atoms with Gasteiger partial charge in [0.25, 0.3) is 6.48 Å². The highest BCUT2D eigenvalue weighted by molar-refractivity contribution is 5.42. The molecule has 0 saturated carbocycles. The van der Waals surface area contributed by atoms with Crippen LogP contribution in [-0.2, 0) is 14.2 Å². The van der Waals surface area contributed by atoms with E-state index in [9.17, 15) is 8.78 Å². The Morgan fingerprint density at radius 1 is 0.906 bits per heavy atom. The van der Waals surface area contributed by atoms with Crippen LogP contribution in [-0.4, -0.2) is 56.7 Å². The number of halogens is 2. The lowest BCUT2D eigenvalue weighted by Gasteiger charge is -2.15. The van der Waals surface area contributed by atoms with Crippen molar-refractivity contribution in [2.24, 2.45) is 0 Å². The van der Waals surface area contributed by atoms with Gasteiger partial charge in [-0.1, -0.05) is 0 Å². The highest BCUT2D eigenvalue weighted by Gasteiger charge is 2.05. The lowest BCUT2D eigenvalue weighted by molar-refractivity contribution is -0.282. The van der Waals surface area contributed by atoms with E-state index in [0.29, 0.717) is 31.2 Å². The van der Waals surface area contributed by atoms with E-state index in [1.807, 2.05) is 20.8 Å². The number of benzene rings is 2. The Labute approximate surface area is 184 Å². The van der Waals surface area contributed by atoms with Crippen LogP contribution in [0.15, 0.2) is 42.7 Å². The molecule has 0 fully saturated rings. The van der Waals surface area contributed by atoms with Crippen LogP contribution < -0.4 is 5.73 Å². The zero-order valence-corrected chi connectivity index (χ0v) is 18.0. The number of nitrogens with two attached hydrogens (primary N) is 1. The number of phenolic OH excluding ortho intramolecular Hbond substituents is 2. The van der Waals surface area contributed by atoms with Crippen molar-refractivity contribution in [1.29, 1.82) is 0 Å². The first kappa shape index (κ1) is 26.7. The molecule has 4 N–H and O–H groups in total. The van der Waals surface area contributed by atoms with Gasteiger partial charge in [-0.2, -0.15) is 0 Å². The Kier molecular flexibility index (Phi) is 12.2. The first-order valence-electron chi connectivity index (χ1n) is 9.62. The highest BCUT2D eigenvalue weighted by atomic mass is 19.1. The lowest BCUT2D eigenvalue weighted by Crippen LogP contribution is -2.20. The smallest absolute Gasteiger partial charge is 0.271 e. The van der Waals surface area contributed by atoms with Gasteiger partial charge in [-0.15, -0.1) is 5.10 Å². The SMILES string of the molecule is CCOC(OCC)OCC.Nc1ccc(O)c(F)c1.Oc1ccc(-n2cnnn2)cc1F. The second kappa shape index (κ2) is 14.6. The van der Waals surface area contributed by atoms with Crippen molar-refractivity contribution in [3.8, 4) is 17.2 Å². The molecule has 1 aromatic heterocycles. The minimum Gasteiger partial charge on any atom is -0.505 e. The first-order chi connectivity index (χ1) is 15.3. The second-order valence-electron chi connectivity index (χ2n) is 5.76. The van der Waals surface area contributed by atoms with Crippen molar-refractivity contribution in [3.05, 3.63) is 54.4 Å². The number of hydrogen-bond donors (Lipinski definition) is 3. The lowest BCUT2D eigenvalue weighted by atomic mass is 10.3. The van der Waals surface area contributed by atoms with Crippen molar-refractivity contribution in [3.63, 3.8) is 0 Å². The standard InChI is InChI=1S/C7H5FN4O.C7H16O3.C6H6FNO/c8-6-3-5(1-2-7(6)13)12-4-9-10-11-12;1-4-8-7(9-5-2)10-6-3;7-5-3-4(8)1-2-6(5)9/h1-4,13H;7H,4-6H2,1-3H3;1-3,9H,8H2. The van der Waals surface area contributed by atoms with E-state index >= 15 is 0 Å². The summed E-state index contributed by atoms with van der Waals surface area (Å²) in [4.78, 5) is 0. The van der Waals surface area contributed by atoms with Gasteiger partial charge in [-0.3, -0.25) is 0 Å². The molecular weight excluding hydrogens is 428 g/mol. The molecule has 2 aromatic carbocycles. The summed E-state index contributed by atoms with van der Waals surface area (Å²) in [5.41, 5.74) is 5.95. The van der Waals surface area contributed by atoms with E-state index in [0.717, 1.165) is 12.1 Å². The molecule has 0 unspecified atom stereocenters. The number of tetrazole rings is 1. The van der Waals surface area contributed by atoms with Gasteiger partial charge in [0.1, 0.15) is 6.33 Å². The molecule has 3 rings (SSSR count). The van der Waals surface area contributed by atoms with Crippen LogP contribution in [0.1, 0.15) is 20.8 Å². The van der Waals surface area contributed by atoms with Crippen LogP contribution in [0.5, 0.6) is 11.5 Å². The summed E-state index contributed by atoms with van der Waals surface area (Å²) in [6.45, 7) is 7.10. The molecule has 0 aliphatic carbocycles. The number of aromatic hydroxyl groups is 2. The molecule has 0 radical (unpaired) electrons. The van der Waals surface area contributed by atoms with E-state index in [-0.39, 0.29) is 5.75 Å². The average Bonchev–Trinajstić information content (AvgIpc) is 3.30. The molecule has 10 nitrogen and oxygen atoms in total. The number of nitrogens with zero attached hydrogens (tertiary/aromatic N) is 4. The number of hydrogen-bond acceptors (Lipinski definition) is 9. The van der Waals surface area contributed by atoms with E-state index in [1.165, 1.54) is 35.3 Å². The van der Waals surface area contributed by atoms with Crippen molar-refractivity contribution in [2.45, 2.75) is 27.2 Å². The van der Waals surface area contributed by atoms with Gasteiger partial charge in [0.15, 0.2) is 23.1 Å². The normalized spacial score (nSPS) is 10.2. The molecule has 0 aliphatic rings. The van der Waals surface area contributed by atoms with Gasteiger partial charge < -0.3 is 30.2 Å². The van der Waals surface area contributed by atoms with Crippen molar-refractivity contribution in [2.75, 3.05) is 25.6 Å². The zero-order chi connectivity index (χ0) is 23.9. The summed E-state index contributed by atoms with van der Waals surface area (Å²) in [6, 6.07) is 7.60. The third-order valence-corrected chi connectivity index (χ3v) is 3.42. The van der Waals surface area contributed by atoms with Crippen LogP contribution >= 0.6 is 0 Å². The Morgan fingerprint density at radius 3 is 1.84 bits per heavy atom. The van der Waals surface area contributed by atoms with Gasteiger partial charge in [-0.05, 0) is 55.5 Å². The van der Waals surface area contributed by atoms with Crippen LogP contribution in [0.4, 0.5) is 14.5 Å². The van der Waals surface area contributed by atoms with Crippen LogP contribution in [0, 0.1) is 11.6 Å². The minimum absolute atomic E-state index is 0.310. The molecule has 0 atom stereocenters.